The number of hydrogen-bond acceptors (Lipinski definition) is 3. The molecule has 0 unspecified atom stereocenters. The molecule has 0 bridgehead atoms. The van der Waals surface area contributed by atoms with E-state index in [9.17, 15) is 0 Å². The first-order chi connectivity index (χ1) is 9.15. The molecule has 1 N–H and O–H groups in total. The molecular weight excluding hydrogens is 242 g/mol. The summed E-state index contributed by atoms with van der Waals surface area (Å²) < 4.78 is 5.35. The highest BCUT2D eigenvalue weighted by molar-refractivity contribution is 5.64. The number of rotatable bonds is 4. The van der Waals surface area contributed by atoms with Gasteiger partial charge < -0.3 is 4.74 Å². The van der Waals surface area contributed by atoms with Crippen molar-refractivity contribution in [3.8, 4) is 17.0 Å². The Hall–Kier alpha value is -2.46. The number of aromatic amines is 1. The molecule has 2 aromatic rings. The summed E-state index contributed by atoms with van der Waals surface area (Å²) in [5.41, 5.74) is 11.2. The van der Waals surface area contributed by atoms with E-state index < -0.39 is 0 Å². The van der Waals surface area contributed by atoms with E-state index in [2.05, 4.69) is 34.1 Å². The standard InChI is InChI=1S/C13H15N5O/c1-8(2)10-6-9(4-5-12(10)19-3)11-7-13(16-15-11)17-18-14/h4-8H,1-3H3,(H,15,16). The second-order valence-corrected chi connectivity index (χ2v) is 4.44. The van der Waals surface area contributed by atoms with Crippen molar-refractivity contribution in [2.45, 2.75) is 19.8 Å². The zero-order valence-corrected chi connectivity index (χ0v) is 11.1. The van der Waals surface area contributed by atoms with Crippen LogP contribution in [0, 0.1) is 0 Å². The number of aromatic nitrogens is 2. The summed E-state index contributed by atoms with van der Waals surface area (Å²) in [6, 6.07) is 7.61. The predicted molar refractivity (Wildman–Crippen MR) is 73.5 cm³/mol. The average molecular weight is 257 g/mol. The van der Waals surface area contributed by atoms with Crippen molar-refractivity contribution in [1.82, 2.24) is 10.2 Å². The SMILES string of the molecule is COc1ccc(-c2cc(N=[N+]=[N-])[nH]n2)cc1C(C)C. The van der Waals surface area contributed by atoms with Crippen LogP contribution in [-0.2, 0) is 0 Å². The smallest absolute Gasteiger partial charge is 0.122 e. The van der Waals surface area contributed by atoms with Gasteiger partial charge in [-0.2, -0.15) is 5.10 Å². The lowest BCUT2D eigenvalue weighted by atomic mass is 9.98. The summed E-state index contributed by atoms with van der Waals surface area (Å²) in [6.45, 7) is 4.22. The van der Waals surface area contributed by atoms with E-state index in [1.807, 2.05) is 18.2 Å². The lowest BCUT2D eigenvalue weighted by Crippen LogP contribution is -1.94. The molecule has 0 aliphatic heterocycles. The lowest BCUT2D eigenvalue weighted by Gasteiger charge is -2.12. The van der Waals surface area contributed by atoms with Crippen molar-refractivity contribution in [2.75, 3.05) is 7.11 Å². The van der Waals surface area contributed by atoms with Crippen LogP contribution < -0.4 is 4.74 Å². The Morgan fingerprint density at radius 1 is 1.37 bits per heavy atom. The minimum absolute atomic E-state index is 0.352. The number of methoxy groups -OCH3 is 1. The third-order valence-corrected chi connectivity index (χ3v) is 2.86. The fourth-order valence-corrected chi connectivity index (χ4v) is 1.90. The maximum Gasteiger partial charge on any atom is 0.122 e. The summed E-state index contributed by atoms with van der Waals surface area (Å²) in [4.78, 5) is 2.72. The van der Waals surface area contributed by atoms with Crippen LogP contribution >= 0.6 is 0 Å². The first-order valence-electron chi connectivity index (χ1n) is 5.94. The van der Waals surface area contributed by atoms with Crippen LogP contribution in [0.2, 0.25) is 0 Å². The minimum atomic E-state index is 0.352. The van der Waals surface area contributed by atoms with Crippen LogP contribution in [-0.4, -0.2) is 17.3 Å². The zero-order chi connectivity index (χ0) is 13.8. The summed E-state index contributed by atoms with van der Waals surface area (Å²) in [5, 5.41) is 10.3. The average Bonchev–Trinajstić information content (AvgIpc) is 2.87. The topological polar surface area (TPSA) is 86.7 Å². The van der Waals surface area contributed by atoms with Gasteiger partial charge in [-0.15, -0.1) is 0 Å². The van der Waals surface area contributed by atoms with E-state index >= 15 is 0 Å². The van der Waals surface area contributed by atoms with Crippen molar-refractivity contribution in [2.24, 2.45) is 5.11 Å². The van der Waals surface area contributed by atoms with Gasteiger partial charge in [0.15, 0.2) is 0 Å². The first-order valence-corrected chi connectivity index (χ1v) is 5.94. The molecule has 0 amide bonds. The second-order valence-electron chi connectivity index (χ2n) is 4.44. The van der Waals surface area contributed by atoms with Crippen molar-refractivity contribution in [3.63, 3.8) is 0 Å². The molecule has 0 saturated carbocycles. The Balaban J connectivity index is 2.44. The number of H-pyrrole nitrogens is 1. The number of benzene rings is 1. The van der Waals surface area contributed by atoms with Gasteiger partial charge in [0.2, 0.25) is 0 Å². The van der Waals surface area contributed by atoms with Crippen molar-refractivity contribution in [1.29, 1.82) is 0 Å². The van der Waals surface area contributed by atoms with Gasteiger partial charge in [0, 0.05) is 10.5 Å². The monoisotopic (exact) mass is 257 g/mol. The highest BCUT2D eigenvalue weighted by atomic mass is 16.5. The largest absolute Gasteiger partial charge is 0.496 e. The summed E-state index contributed by atoms with van der Waals surface area (Å²) in [5.74, 6) is 1.62. The van der Waals surface area contributed by atoms with Crippen LogP contribution in [0.5, 0.6) is 5.75 Å². The summed E-state index contributed by atoms with van der Waals surface area (Å²) in [7, 11) is 1.66. The molecular formula is C13H15N5O. The molecule has 0 spiro atoms. The van der Waals surface area contributed by atoms with Crippen molar-refractivity contribution in [3.05, 3.63) is 40.3 Å². The van der Waals surface area contributed by atoms with Crippen LogP contribution in [0.3, 0.4) is 0 Å². The number of hydrogen-bond donors (Lipinski definition) is 1. The van der Waals surface area contributed by atoms with E-state index in [0.29, 0.717) is 11.7 Å². The predicted octanol–water partition coefficient (Wildman–Crippen LogP) is 4.15. The van der Waals surface area contributed by atoms with Crippen LogP contribution in [0.1, 0.15) is 25.3 Å². The molecule has 1 aromatic heterocycles. The molecule has 2 rings (SSSR count). The van der Waals surface area contributed by atoms with Gasteiger partial charge in [0.05, 0.1) is 12.8 Å². The Kier molecular flexibility index (Phi) is 3.73. The van der Waals surface area contributed by atoms with Gasteiger partial charge in [-0.1, -0.05) is 13.8 Å². The van der Waals surface area contributed by atoms with E-state index in [-0.39, 0.29) is 0 Å². The Bertz CT molecular complexity index is 626. The summed E-state index contributed by atoms with van der Waals surface area (Å²) >= 11 is 0. The first kappa shape index (κ1) is 13.0. The number of nitrogens with zero attached hydrogens (tertiary/aromatic N) is 4. The van der Waals surface area contributed by atoms with E-state index in [1.165, 1.54) is 0 Å². The third kappa shape index (κ3) is 2.69. The fourth-order valence-electron chi connectivity index (χ4n) is 1.90. The van der Waals surface area contributed by atoms with Gasteiger partial charge in [-0.05, 0) is 46.4 Å². The lowest BCUT2D eigenvalue weighted by molar-refractivity contribution is 0.407. The van der Waals surface area contributed by atoms with Gasteiger partial charge >= 0.3 is 0 Å². The molecule has 0 atom stereocenters. The van der Waals surface area contributed by atoms with Crippen LogP contribution in [0.4, 0.5) is 5.82 Å². The van der Waals surface area contributed by atoms with Crippen molar-refractivity contribution >= 4 is 5.82 Å². The number of azide groups is 1. The maximum absolute atomic E-state index is 8.38. The second kappa shape index (κ2) is 5.46. The molecule has 6 nitrogen and oxygen atoms in total. The molecule has 0 radical (unpaired) electrons. The Labute approximate surface area is 111 Å². The molecule has 1 aromatic carbocycles. The molecule has 0 fully saturated rings. The number of ether oxygens (including phenoxy) is 1. The summed E-state index contributed by atoms with van der Waals surface area (Å²) in [6.07, 6.45) is 0. The Morgan fingerprint density at radius 2 is 2.16 bits per heavy atom. The highest BCUT2D eigenvalue weighted by Crippen LogP contribution is 2.31. The number of nitrogens with one attached hydrogen (secondary N) is 1. The molecule has 98 valence electrons. The molecule has 0 aliphatic carbocycles. The fraction of sp³-hybridized carbons (Fsp3) is 0.308. The molecule has 0 aliphatic rings. The Morgan fingerprint density at radius 3 is 2.79 bits per heavy atom. The molecule has 19 heavy (non-hydrogen) atoms. The quantitative estimate of drug-likeness (QED) is 0.506. The van der Waals surface area contributed by atoms with E-state index in [0.717, 1.165) is 22.6 Å². The molecule has 1 heterocycles. The normalized spacial score (nSPS) is 10.3. The van der Waals surface area contributed by atoms with Gasteiger partial charge in [-0.3, -0.25) is 5.10 Å². The molecule has 0 saturated heterocycles. The van der Waals surface area contributed by atoms with Gasteiger partial charge in [-0.25, -0.2) is 0 Å². The minimum Gasteiger partial charge on any atom is -0.496 e. The van der Waals surface area contributed by atoms with E-state index in [1.54, 1.807) is 13.2 Å². The van der Waals surface area contributed by atoms with Crippen LogP contribution in [0.25, 0.3) is 21.7 Å². The van der Waals surface area contributed by atoms with Crippen molar-refractivity contribution < 1.29 is 4.74 Å². The van der Waals surface area contributed by atoms with Gasteiger partial charge in [0.25, 0.3) is 0 Å². The van der Waals surface area contributed by atoms with E-state index in [4.69, 9.17) is 10.3 Å². The highest BCUT2D eigenvalue weighted by Gasteiger charge is 2.10. The third-order valence-electron chi connectivity index (χ3n) is 2.86. The van der Waals surface area contributed by atoms with Crippen LogP contribution in [0.15, 0.2) is 29.4 Å². The van der Waals surface area contributed by atoms with Gasteiger partial charge in [0.1, 0.15) is 11.6 Å². The zero-order valence-electron chi connectivity index (χ0n) is 11.1. The maximum atomic E-state index is 8.38. The molecule has 6 heteroatoms.